The Morgan fingerprint density at radius 2 is 2.10 bits per heavy atom. The zero-order chi connectivity index (χ0) is 16.2. The highest BCUT2D eigenvalue weighted by Crippen LogP contribution is 2.36. The summed E-state index contributed by atoms with van der Waals surface area (Å²) < 4.78 is 43.0. The lowest BCUT2D eigenvalue weighted by molar-refractivity contribution is -0.147. The van der Waals surface area contributed by atoms with Crippen LogP contribution in [0.2, 0.25) is 5.15 Å². The van der Waals surface area contributed by atoms with Crippen molar-refractivity contribution in [2.45, 2.75) is 31.7 Å². The lowest BCUT2D eigenvalue weighted by Gasteiger charge is -2.21. The normalized spacial score (nSPS) is 14.6. The molecule has 21 heavy (non-hydrogen) atoms. The van der Waals surface area contributed by atoms with E-state index in [2.05, 4.69) is 9.72 Å². The van der Waals surface area contributed by atoms with Crippen molar-refractivity contribution >= 4 is 17.6 Å². The van der Waals surface area contributed by atoms with Crippen LogP contribution in [-0.2, 0) is 15.7 Å². The number of hydrogen-bond donors (Lipinski definition) is 2. The first-order chi connectivity index (χ1) is 9.66. The van der Waals surface area contributed by atoms with Gasteiger partial charge in [-0.15, -0.1) is 0 Å². The van der Waals surface area contributed by atoms with Crippen LogP contribution in [0.15, 0.2) is 12.3 Å². The number of aliphatic hydroxyl groups excluding tert-OH is 2. The third-order valence-electron chi connectivity index (χ3n) is 2.57. The zero-order valence-electron chi connectivity index (χ0n) is 10.9. The molecule has 2 N–H and O–H groups in total. The maximum absolute atomic E-state index is 12.8. The summed E-state index contributed by atoms with van der Waals surface area (Å²) in [5.41, 5.74) is -1.89. The largest absolute Gasteiger partial charge is 0.466 e. The fourth-order valence-corrected chi connectivity index (χ4v) is 1.80. The van der Waals surface area contributed by atoms with E-state index in [9.17, 15) is 28.2 Å². The predicted octanol–water partition coefficient (Wildman–Crippen LogP) is 2.10. The second-order valence-electron chi connectivity index (χ2n) is 4.11. The van der Waals surface area contributed by atoms with Crippen LogP contribution >= 0.6 is 11.6 Å². The van der Waals surface area contributed by atoms with Gasteiger partial charge in [-0.05, 0) is 18.6 Å². The smallest absolute Gasteiger partial charge is 0.418 e. The molecule has 0 saturated heterocycles. The highest BCUT2D eigenvalue weighted by molar-refractivity contribution is 6.29. The van der Waals surface area contributed by atoms with Gasteiger partial charge in [0.05, 0.1) is 24.7 Å². The number of pyridine rings is 1. The fraction of sp³-hybridized carbons (Fsp3) is 0.500. The minimum atomic E-state index is -4.78. The minimum Gasteiger partial charge on any atom is -0.466 e. The van der Waals surface area contributed by atoms with Gasteiger partial charge < -0.3 is 14.9 Å². The molecule has 0 spiro atoms. The molecule has 0 aliphatic carbocycles. The maximum Gasteiger partial charge on any atom is 0.418 e. The summed E-state index contributed by atoms with van der Waals surface area (Å²) in [6, 6.07) is 0.795. The minimum absolute atomic E-state index is 0.0521. The van der Waals surface area contributed by atoms with Crippen molar-refractivity contribution in [2.75, 3.05) is 6.61 Å². The molecule has 118 valence electrons. The van der Waals surface area contributed by atoms with E-state index in [1.54, 1.807) is 0 Å². The van der Waals surface area contributed by atoms with E-state index < -0.39 is 41.9 Å². The molecule has 5 nitrogen and oxygen atoms in total. The quantitative estimate of drug-likeness (QED) is 0.639. The van der Waals surface area contributed by atoms with Crippen molar-refractivity contribution in [3.63, 3.8) is 0 Å². The SMILES string of the molecule is CCOC(=O)CC(O)C(O)c1cc(Cl)ncc1C(F)(F)F. The van der Waals surface area contributed by atoms with Gasteiger partial charge in [0.2, 0.25) is 0 Å². The van der Waals surface area contributed by atoms with Crippen LogP contribution in [-0.4, -0.2) is 33.9 Å². The summed E-state index contributed by atoms with van der Waals surface area (Å²) in [5.74, 6) is -0.835. The summed E-state index contributed by atoms with van der Waals surface area (Å²) in [6.45, 7) is 1.58. The first-order valence-corrected chi connectivity index (χ1v) is 6.29. The Morgan fingerprint density at radius 3 is 2.62 bits per heavy atom. The molecule has 0 aliphatic heterocycles. The highest BCUT2D eigenvalue weighted by atomic mass is 35.5. The molecule has 0 aliphatic rings. The van der Waals surface area contributed by atoms with Gasteiger partial charge in [0.15, 0.2) is 0 Å². The molecule has 0 radical (unpaired) electrons. The van der Waals surface area contributed by atoms with Gasteiger partial charge in [-0.3, -0.25) is 4.79 Å². The Labute approximate surface area is 123 Å². The van der Waals surface area contributed by atoms with Crippen LogP contribution in [0.3, 0.4) is 0 Å². The monoisotopic (exact) mass is 327 g/mol. The van der Waals surface area contributed by atoms with Gasteiger partial charge in [-0.1, -0.05) is 11.6 Å². The standard InChI is InChI=1S/C12H13ClF3NO4/c1-2-21-10(19)4-8(18)11(20)6-3-9(13)17-5-7(6)12(14,15)16/h3,5,8,11,18,20H,2,4H2,1H3. The molecule has 9 heteroatoms. The van der Waals surface area contributed by atoms with Crippen molar-refractivity contribution < 1.29 is 32.9 Å². The molecule has 1 aromatic rings. The van der Waals surface area contributed by atoms with Crippen LogP contribution in [0.5, 0.6) is 0 Å². The number of carbonyl (C=O) groups excluding carboxylic acids is 1. The summed E-state index contributed by atoms with van der Waals surface area (Å²) >= 11 is 5.51. The topological polar surface area (TPSA) is 79.7 Å². The van der Waals surface area contributed by atoms with E-state index in [-0.39, 0.29) is 11.8 Å². The number of carbonyl (C=O) groups is 1. The van der Waals surface area contributed by atoms with Crippen LogP contribution < -0.4 is 0 Å². The maximum atomic E-state index is 12.8. The Bertz CT molecular complexity index is 510. The van der Waals surface area contributed by atoms with E-state index in [1.807, 2.05) is 0 Å². The molecule has 0 fully saturated rings. The lowest BCUT2D eigenvalue weighted by atomic mass is 9.98. The van der Waals surface area contributed by atoms with Crippen molar-refractivity contribution in [1.82, 2.24) is 4.98 Å². The van der Waals surface area contributed by atoms with Crippen molar-refractivity contribution in [3.8, 4) is 0 Å². The molecule has 0 saturated carbocycles. The van der Waals surface area contributed by atoms with Crippen LogP contribution in [0, 0.1) is 0 Å². The molecular formula is C12H13ClF3NO4. The zero-order valence-corrected chi connectivity index (χ0v) is 11.6. The van der Waals surface area contributed by atoms with E-state index in [1.165, 1.54) is 6.92 Å². The van der Waals surface area contributed by atoms with Gasteiger partial charge in [0, 0.05) is 6.20 Å². The number of aromatic nitrogens is 1. The van der Waals surface area contributed by atoms with Gasteiger partial charge in [-0.25, -0.2) is 4.98 Å². The summed E-state index contributed by atoms with van der Waals surface area (Å²) in [4.78, 5) is 14.5. The summed E-state index contributed by atoms with van der Waals surface area (Å²) in [5, 5.41) is 19.2. The van der Waals surface area contributed by atoms with Crippen molar-refractivity contribution in [3.05, 3.63) is 28.5 Å². The molecular weight excluding hydrogens is 315 g/mol. The Hall–Kier alpha value is -1.38. The van der Waals surface area contributed by atoms with Crippen LogP contribution in [0.4, 0.5) is 13.2 Å². The predicted molar refractivity (Wildman–Crippen MR) is 66.5 cm³/mol. The number of aliphatic hydroxyl groups is 2. The number of halogens is 4. The molecule has 0 aromatic carbocycles. The van der Waals surface area contributed by atoms with Gasteiger partial charge in [-0.2, -0.15) is 13.2 Å². The average molecular weight is 328 g/mol. The molecule has 0 bridgehead atoms. The molecule has 2 unspecified atom stereocenters. The van der Waals surface area contributed by atoms with Gasteiger partial charge in [0.1, 0.15) is 11.3 Å². The van der Waals surface area contributed by atoms with E-state index >= 15 is 0 Å². The van der Waals surface area contributed by atoms with Gasteiger partial charge >= 0.3 is 12.1 Å². The third kappa shape index (κ3) is 4.83. The lowest BCUT2D eigenvalue weighted by Crippen LogP contribution is -2.25. The number of hydrogen-bond acceptors (Lipinski definition) is 5. The van der Waals surface area contributed by atoms with E-state index in [4.69, 9.17) is 11.6 Å². The number of alkyl halides is 3. The number of rotatable bonds is 5. The molecule has 1 aromatic heterocycles. The number of ether oxygens (including phenoxy) is 1. The Kier molecular flexibility index (Phi) is 5.94. The van der Waals surface area contributed by atoms with E-state index in [0.29, 0.717) is 6.20 Å². The molecule has 0 amide bonds. The van der Waals surface area contributed by atoms with Crippen LogP contribution in [0.1, 0.15) is 30.6 Å². The average Bonchev–Trinajstić information content (AvgIpc) is 2.36. The number of nitrogens with zero attached hydrogens (tertiary/aromatic N) is 1. The van der Waals surface area contributed by atoms with Gasteiger partial charge in [0.25, 0.3) is 0 Å². The summed E-state index contributed by atoms with van der Waals surface area (Å²) in [6.07, 6.45) is -8.68. The van der Waals surface area contributed by atoms with E-state index in [0.717, 1.165) is 6.07 Å². The first-order valence-electron chi connectivity index (χ1n) is 5.91. The Morgan fingerprint density at radius 1 is 1.48 bits per heavy atom. The highest BCUT2D eigenvalue weighted by Gasteiger charge is 2.37. The second-order valence-corrected chi connectivity index (χ2v) is 4.50. The Balaban J connectivity index is 3.03. The third-order valence-corrected chi connectivity index (χ3v) is 2.78. The molecule has 1 heterocycles. The van der Waals surface area contributed by atoms with Crippen molar-refractivity contribution in [1.29, 1.82) is 0 Å². The fourth-order valence-electron chi connectivity index (χ4n) is 1.64. The first kappa shape index (κ1) is 17.7. The molecule has 2 atom stereocenters. The molecule has 1 rings (SSSR count). The second kappa shape index (κ2) is 7.06. The van der Waals surface area contributed by atoms with Crippen LogP contribution in [0.25, 0.3) is 0 Å². The number of esters is 1. The van der Waals surface area contributed by atoms with Crippen molar-refractivity contribution in [2.24, 2.45) is 0 Å². The summed E-state index contributed by atoms with van der Waals surface area (Å²) in [7, 11) is 0.